The number of carbonyl (C=O) groups is 4. The van der Waals surface area contributed by atoms with Crippen molar-refractivity contribution < 1.29 is 28.7 Å². The van der Waals surface area contributed by atoms with Crippen LogP contribution < -0.4 is 16.0 Å². The van der Waals surface area contributed by atoms with Crippen LogP contribution in [0.5, 0.6) is 0 Å². The van der Waals surface area contributed by atoms with E-state index in [0.717, 1.165) is 0 Å². The Morgan fingerprint density at radius 3 is 2.66 bits per heavy atom. The lowest BCUT2D eigenvalue weighted by Gasteiger charge is -2.11. The van der Waals surface area contributed by atoms with Gasteiger partial charge in [-0.2, -0.15) is 0 Å². The van der Waals surface area contributed by atoms with Crippen molar-refractivity contribution in [2.24, 2.45) is 0 Å². The van der Waals surface area contributed by atoms with E-state index >= 15 is 0 Å². The third-order valence-electron chi connectivity index (χ3n) is 5.71. The summed E-state index contributed by atoms with van der Waals surface area (Å²) in [4.78, 5) is 51.6. The van der Waals surface area contributed by atoms with Crippen molar-refractivity contribution in [3.63, 3.8) is 0 Å². The minimum atomic E-state index is -0.979. The number of aromatic nitrogens is 1. The van der Waals surface area contributed by atoms with E-state index in [1.807, 2.05) is 0 Å². The van der Waals surface area contributed by atoms with Crippen molar-refractivity contribution in [2.45, 2.75) is 46.1 Å². The number of aromatic amines is 1. The second-order valence-corrected chi connectivity index (χ2v) is 8.44. The highest BCUT2D eigenvalue weighted by Gasteiger charge is 2.26. The topological polar surface area (TPSA) is 140 Å². The van der Waals surface area contributed by atoms with Crippen molar-refractivity contribution in [3.8, 4) is 0 Å². The van der Waals surface area contributed by atoms with Crippen molar-refractivity contribution >= 4 is 40.8 Å². The molecule has 1 aromatic carbocycles. The summed E-state index contributed by atoms with van der Waals surface area (Å²) in [5.41, 5.74) is 3.40. The molecule has 0 aliphatic carbocycles. The smallest absolute Gasteiger partial charge is 0.256 e. The molecule has 9 nitrogen and oxygen atoms in total. The van der Waals surface area contributed by atoms with Crippen molar-refractivity contribution in [3.05, 3.63) is 52.1 Å². The summed E-state index contributed by atoms with van der Waals surface area (Å²) in [7, 11) is 0. The van der Waals surface area contributed by atoms with Crippen LogP contribution in [0.15, 0.2) is 18.2 Å². The van der Waals surface area contributed by atoms with E-state index in [4.69, 9.17) is 0 Å². The Morgan fingerprint density at radius 1 is 1.20 bits per heavy atom. The fourth-order valence-electron chi connectivity index (χ4n) is 4.02. The Balaban J connectivity index is 1.63. The molecule has 1 aromatic heterocycles. The molecule has 35 heavy (non-hydrogen) atoms. The van der Waals surface area contributed by atoms with Gasteiger partial charge in [-0.1, -0.05) is 0 Å². The highest BCUT2D eigenvalue weighted by Crippen LogP contribution is 2.34. The van der Waals surface area contributed by atoms with Crippen LogP contribution in [0.25, 0.3) is 11.6 Å². The number of anilines is 1. The number of aryl methyl sites for hydroxylation is 1. The van der Waals surface area contributed by atoms with Gasteiger partial charge in [0.05, 0.1) is 23.7 Å². The number of aliphatic hydroxyl groups excluding tert-OH is 1. The SMILES string of the molecule is CCNC(=O)CC(=O)C[C@H](O)CCNC(=O)c1c(C)[nH]c(/C=C2\C(=O)Nc3ccc(F)cc32)c1C. The van der Waals surface area contributed by atoms with E-state index in [-0.39, 0.29) is 54.9 Å². The number of H-pyrrole nitrogens is 1. The van der Waals surface area contributed by atoms with Crippen LogP contribution in [-0.4, -0.2) is 52.8 Å². The van der Waals surface area contributed by atoms with Gasteiger partial charge in [0.15, 0.2) is 0 Å². The second kappa shape index (κ2) is 11.1. The molecule has 1 atom stereocenters. The highest BCUT2D eigenvalue weighted by molar-refractivity contribution is 6.34. The minimum Gasteiger partial charge on any atom is -0.393 e. The second-order valence-electron chi connectivity index (χ2n) is 8.44. The summed E-state index contributed by atoms with van der Waals surface area (Å²) in [5.74, 6) is -1.95. The minimum absolute atomic E-state index is 0.129. The molecule has 2 aromatic rings. The molecule has 10 heteroatoms. The number of amides is 3. The Morgan fingerprint density at radius 2 is 1.94 bits per heavy atom. The summed E-state index contributed by atoms with van der Waals surface area (Å²) in [6.07, 6.45) is 0.300. The Bertz CT molecular complexity index is 1200. The van der Waals surface area contributed by atoms with Gasteiger partial charge in [0, 0.05) is 42.1 Å². The monoisotopic (exact) mass is 484 g/mol. The van der Waals surface area contributed by atoms with Gasteiger partial charge in [-0.15, -0.1) is 0 Å². The van der Waals surface area contributed by atoms with Crippen molar-refractivity contribution in [2.75, 3.05) is 18.4 Å². The third-order valence-corrected chi connectivity index (χ3v) is 5.71. The zero-order valence-electron chi connectivity index (χ0n) is 19.9. The molecular weight excluding hydrogens is 455 g/mol. The molecule has 3 rings (SSSR count). The zero-order chi connectivity index (χ0) is 25.7. The van der Waals surface area contributed by atoms with E-state index in [2.05, 4.69) is 20.9 Å². The first-order chi connectivity index (χ1) is 16.6. The number of fused-ring (bicyclic) bond motifs is 1. The molecule has 0 saturated heterocycles. The number of carbonyl (C=O) groups excluding carboxylic acids is 4. The first kappa shape index (κ1) is 25.8. The summed E-state index contributed by atoms with van der Waals surface area (Å²) >= 11 is 0. The first-order valence-corrected chi connectivity index (χ1v) is 11.4. The van der Waals surface area contributed by atoms with E-state index in [1.54, 1.807) is 26.8 Å². The molecule has 3 amide bonds. The molecule has 0 fully saturated rings. The molecule has 5 N–H and O–H groups in total. The zero-order valence-corrected chi connectivity index (χ0v) is 19.9. The van der Waals surface area contributed by atoms with Gasteiger partial charge in [-0.05, 0) is 57.0 Å². The molecule has 1 aliphatic rings. The van der Waals surface area contributed by atoms with Gasteiger partial charge < -0.3 is 26.0 Å². The number of halogens is 1. The quantitative estimate of drug-likeness (QED) is 0.260. The average Bonchev–Trinajstić information content (AvgIpc) is 3.22. The third kappa shape index (κ3) is 6.21. The standard InChI is InChI=1S/C25H29FN4O5/c1-4-27-22(33)11-17(32)10-16(31)7-8-28-25(35)23-13(2)21(29-14(23)3)12-19-18-9-15(26)5-6-20(18)30-24(19)34/h5-6,9,12,16,29,31H,4,7-8,10-11H2,1-3H3,(H,27,33)(H,28,35)(H,30,34)/b19-12-/t16-/m1/s1. The van der Waals surface area contributed by atoms with E-state index in [9.17, 15) is 28.7 Å². The fraction of sp³-hybridized carbons (Fsp3) is 0.360. The summed E-state index contributed by atoms with van der Waals surface area (Å²) < 4.78 is 13.7. The van der Waals surface area contributed by atoms with Gasteiger partial charge in [-0.3, -0.25) is 19.2 Å². The maximum atomic E-state index is 13.7. The largest absolute Gasteiger partial charge is 0.393 e. The molecular formula is C25H29FN4O5. The Kier molecular flexibility index (Phi) is 8.18. The lowest BCUT2D eigenvalue weighted by Crippen LogP contribution is -2.30. The normalized spacial score (nSPS) is 14.4. The maximum Gasteiger partial charge on any atom is 0.256 e. The number of nitrogens with one attached hydrogen (secondary N) is 4. The van der Waals surface area contributed by atoms with Crippen molar-refractivity contribution in [1.82, 2.24) is 15.6 Å². The number of benzene rings is 1. The predicted octanol–water partition coefficient (Wildman–Crippen LogP) is 2.23. The Hall–Kier alpha value is -3.79. The summed E-state index contributed by atoms with van der Waals surface area (Å²) in [5, 5.41) is 18.0. The molecule has 2 heterocycles. The number of rotatable bonds is 10. The molecule has 0 saturated carbocycles. The van der Waals surface area contributed by atoms with Crippen LogP contribution in [0.1, 0.15) is 59.1 Å². The van der Waals surface area contributed by atoms with E-state index in [0.29, 0.717) is 40.3 Å². The van der Waals surface area contributed by atoms with Gasteiger partial charge in [0.2, 0.25) is 5.91 Å². The highest BCUT2D eigenvalue weighted by atomic mass is 19.1. The van der Waals surface area contributed by atoms with Gasteiger partial charge in [-0.25, -0.2) is 4.39 Å². The Labute approximate surface area is 202 Å². The van der Waals surface area contributed by atoms with Crippen LogP contribution in [-0.2, 0) is 14.4 Å². The van der Waals surface area contributed by atoms with Gasteiger partial charge in [0.1, 0.15) is 11.6 Å². The first-order valence-electron chi connectivity index (χ1n) is 11.4. The molecule has 0 unspecified atom stereocenters. The number of ketones is 1. The van der Waals surface area contributed by atoms with Crippen LogP contribution in [0.4, 0.5) is 10.1 Å². The van der Waals surface area contributed by atoms with Crippen LogP contribution in [0.2, 0.25) is 0 Å². The van der Waals surface area contributed by atoms with E-state index in [1.165, 1.54) is 18.2 Å². The molecule has 186 valence electrons. The number of Topliss-reactive ketones (excluding diaryl/α,β-unsaturated/α-hetero) is 1. The molecule has 0 bridgehead atoms. The van der Waals surface area contributed by atoms with Crippen LogP contribution in [0.3, 0.4) is 0 Å². The van der Waals surface area contributed by atoms with Crippen molar-refractivity contribution in [1.29, 1.82) is 0 Å². The summed E-state index contributed by atoms with van der Waals surface area (Å²) in [6.45, 7) is 5.76. The van der Waals surface area contributed by atoms with Gasteiger partial charge in [0.25, 0.3) is 11.8 Å². The molecule has 1 aliphatic heterocycles. The number of aliphatic hydroxyl groups is 1. The lowest BCUT2D eigenvalue weighted by molar-refractivity contribution is -0.129. The lowest BCUT2D eigenvalue weighted by atomic mass is 10.0. The predicted molar refractivity (Wildman–Crippen MR) is 129 cm³/mol. The van der Waals surface area contributed by atoms with E-state index < -0.39 is 11.9 Å². The molecule has 0 spiro atoms. The maximum absolute atomic E-state index is 13.7. The number of hydrogen-bond donors (Lipinski definition) is 5. The summed E-state index contributed by atoms with van der Waals surface area (Å²) in [6, 6.07) is 4.05. The van der Waals surface area contributed by atoms with Crippen LogP contribution in [0, 0.1) is 19.7 Å². The van der Waals surface area contributed by atoms with Crippen LogP contribution >= 0.6 is 0 Å². The average molecular weight is 485 g/mol. The number of hydrogen-bond acceptors (Lipinski definition) is 5. The molecule has 0 radical (unpaired) electrons. The fourth-order valence-corrected chi connectivity index (χ4v) is 4.02. The van der Waals surface area contributed by atoms with Gasteiger partial charge >= 0.3 is 0 Å².